The van der Waals surface area contributed by atoms with E-state index in [0.717, 1.165) is 11.3 Å². The van der Waals surface area contributed by atoms with Crippen molar-refractivity contribution < 1.29 is 13.2 Å². The van der Waals surface area contributed by atoms with Crippen molar-refractivity contribution in [2.75, 3.05) is 5.32 Å². The SMILES string of the molecule is C=CCn1c(C)c(C)c(S(=O)(=O)c2ccc(C)cc2)c1NC(C)=O. The van der Waals surface area contributed by atoms with E-state index in [9.17, 15) is 13.2 Å². The molecule has 0 aliphatic carbocycles. The number of allylic oxidation sites excluding steroid dienone is 1. The Kier molecular flexibility index (Phi) is 4.99. The zero-order valence-electron chi connectivity index (χ0n) is 14.4. The monoisotopic (exact) mass is 346 g/mol. The molecule has 0 fully saturated rings. The summed E-state index contributed by atoms with van der Waals surface area (Å²) >= 11 is 0. The summed E-state index contributed by atoms with van der Waals surface area (Å²) in [6.07, 6.45) is 1.67. The number of rotatable bonds is 5. The first kappa shape index (κ1) is 18.0. The molecule has 0 aliphatic rings. The summed E-state index contributed by atoms with van der Waals surface area (Å²) in [5.41, 5.74) is 2.39. The van der Waals surface area contributed by atoms with E-state index in [1.54, 1.807) is 41.8 Å². The van der Waals surface area contributed by atoms with E-state index in [4.69, 9.17) is 0 Å². The maximum atomic E-state index is 13.1. The van der Waals surface area contributed by atoms with E-state index in [-0.39, 0.29) is 21.5 Å². The van der Waals surface area contributed by atoms with Gasteiger partial charge in [-0.2, -0.15) is 0 Å². The van der Waals surface area contributed by atoms with Crippen LogP contribution in [0.3, 0.4) is 0 Å². The van der Waals surface area contributed by atoms with Crippen LogP contribution in [0.2, 0.25) is 0 Å². The summed E-state index contributed by atoms with van der Waals surface area (Å²) < 4.78 is 28.0. The van der Waals surface area contributed by atoms with Gasteiger partial charge in [0, 0.05) is 19.2 Å². The third kappa shape index (κ3) is 3.14. The van der Waals surface area contributed by atoms with Crippen LogP contribution in [0.5, 0.6) is 0 Å². The predicted molar refractivity (Wildman–Crippen MR) is 95.0 cm³/mol. The van der Waals surface area contributed by atoms with Gasteiger partial charge in [-0.25, -0.2) is 8.42 Å². The molecular formula is C18H22N2O3S. The molecule has 2 aromatic rings. The Morgan fingerprint density at radius 1 is 1.21 bits per heavy atom. The molecule has 0 bridgehead atoms. The molecule has 1 aromatic heterocycles. The van der Waals surface area contributed by atoms with E-state index >= 15 is 0 Å². The van der Waals surface area contributed by atoms with Gasteiger partial charge in [-0.3, -0.25) is 4.79 Å². The highest BCUT2D eigenvalue weighted by molar-refractivity contribution is 7.91. The number of benzene rings is 1. The van der Waals surface area contributed by atoms with Crippen LogP contribution in [-0.2, 0) is 21.2 Å². The topological polar surface area (TPSA) is 68.2 Å². The number of anilines is 1. The summed E-state index contributed by atoms with van der Waals surface area (Å²) in [5.74, 6) is -0.0313. The summed E-state index contributed by atoms with van der Waals surface area (Å²) in [5, 5.41) is 2.67. The zero-order valence-corrected chi connectivity index (χ0v) is 15.2. The fraction of sp³-hybridized carbons (Fsp3) is 0.278. The molecule has 0 aliphatic heterocycles. The van der Waals surface area contributed by atoms with Crippen molar-refractivity contribution in [3.8, 4) is 0 Å². The number of hydrogen-bond acceptors (Lipinski definition) is 3. The number of sulfone groups is 1. The third-order valence-corrected chi connectivity index (χ3v) is 5.91. The highest BCUT2D eigenvalue weighted by atomic mass is 32.2. The van der Waals surface area contributed by atoms with Gasteiger partial charge in [-0.1, -0.05) is 23.8 Å². The van der Waals surface area contributed by atoms with E-state index in [1.807, 2.05) is 13.8 Å². The molecule has 0 unspecified atom stereocenters. The predicted octanol–water partition coefficient (Wildman–Crippen LogP) is 3.39. The number of hydrogen-bond donors (Lipinski definition) is 1. The molecule has 1 aromatic carbocycles. The van der Waals surface area contributed by atoms with Crippen LogP contribution in [0.4, 0.5) is 5.82 Å². The molecule has 5 nitrogen and oxygen atoms in total. The van der Waals surface area contributed by atoms with Gasteiger partial charge in [0.05, 0.1) is 4.90 Å². The quantitative estimate of drug-likeness (QED) is 0.844. The van der Waals surface area contributed by atoms with Crippen molar-refractivity contribution in [3.63, 3.8) is 0 Å². The Morgan fingerprint density at radius 2 is 1.79 bits per heavy atom. The number of carbonyl (C=O) groups is 1. The van der Waals surface area contributed by atoms with Crippen LogP contribution in [-0.4, -0.2) is 18.9 Å². The molecule has 0 saturated heterocycles. The van der Waals surface area contributed by atoms with Crippen LogP contribution in [0.15, 0.2) is 46.7 Å². The van der Waals surface area contributed by atoms with Crippen molar-refractivity contribution in [1.82, 2.24) is 4.57 Å². The van der Waals surface area contributed by atoms with Gasteiger partial charge in [0.1, 0.15) is 10.7 Å². The molecule has 2 rings (SSSR count). The average molecular weight is 346 g/mol. The molecule has 0 atom stereocenters. The number of nitrogens with one attached hydrogen (secondary N) is 1. The van der Waals surface area contributed by atoms with Gasteiger partial charge in [-0.15, -0.1) is 6.58 Å². The molecule has 1 heterocycles. The first-order valence-corrected chi connectivity index (χ1v) is 9.08. The molecule has 24 heavy (non-hydrogen) atoms. The minimum atomic E-state index is -3.75. The van der Waals surface area contributed by atoms with Crippen LogP contribution in [0, 0.1) is 20.8 Å². The van der Waals surface area contributed by atoms with Gasteiger partial charge < -0.3 is 9.88 Å². The summed E-state index contributed by atoms with van der Waals surface area (Å²) in [7, 11) is -3.75. The van der Waals surface area contributed by atoms with Crippen LogP contribution in [0.25, 0.3) is 0 Å². The van der Waals surface area contributed by atoms with Crippen LogP contribution >= 0.6 is 0 Å². The van der Waals surface area contributed by atoms with Crippen molar-refractivity contribution in [2.45, 2.75) is 44.0 Å². The molecule has 1 N–H and O–H groups in total. The molecule has 0 radical (unpaired) electrons. The lowest BCUT2D eigenvalue weighted by atomic mass is 10.2. The molecule has 0 saturated carbocycles. The van der Waals surface area contributed by atoms with Gasteiger partial charge >= 0.3 is 0 Å². The highest BCUT2D eigenvalue weighted by Crippen LogP contribution is 2.35. The van der Waals surface area contributed by atoms with Crippen LogP contribution in [0.1, 0.15) is 23.7 Å². The highest BCUT2D eigenvalue weighted by Gasteiger charge is 2.29. The first-order chi connectivity index (χ1) is 11.2. The normalized spacial score (nSPS) is 11.3. The number of carbonyl (C=O) groups excluding carboxylic acids is 1. The Hall–Kier alpha value is -2.34. The summed E-state index contributed by atoms with van der Waals surface area (Å²) in [4.78, 5) is 12.0. The third-order valence-electron chi connectivity index (χ3n) is 3.98. The van der Waals surface area contributed by atoms with Crippen molar-refractivity contribution in [2.24, 2.45) is 0 Å². The standard InChI is InChI=1S/C18H22N2O3S/c1-6-11-20-14(4)13(3)17(18(20)19-15(5)21)24(22,23)16-9-7-12(2)8-10-16/h6-10H,1,11H2,2-5H3,(H,19,21). The van der Waals surface area contributed by atoms with Crippen molar-refractivity contribution >= 4 is 21.6 Å². The van der Waals surface area contributed by atoms with Gasteiger partial charge in [-0.05, 0) is 38.5 Å². The molecule has 128 valence electrons. The Labute approximate surface area is 142 Å². The largest absolute Gasteiger partial charge is 0.327 e. The summed E-state index contributed by atoms with van der Waals surface area (Å²) in [6, 6.07) is 6.69. The van der Waals surface area contributed by atoms with Gasteiger partial charge in [0.25, 0.3) is 0 Å². The zero-order chi connectivity index (χ0) is 18.1. The molecular weight excluding hydrogens is 324 g/mol. The molecule has 1 amide bonds. The Bertz CT molecular complexity index is 891. The van der Waals surface area contributed by atoms with Gasteiger partial charge in [0.2, 0.25) is 15.7 Å². The van der Waals surface area contributed by atoms with E-state index in [1.165, 1.54) is 6.92 Å². The van der Waals surface area contributed by atoms with Gasteiger partial charge in [0.15, 0.2) is 0 Å². The minimum Gasteiger partial charge on any atom is -0.327 e. The second-order valence-corrected chi connectivity index (χ2v) is 7.67. The molecule has 0 spiro atoms. The van der Waals surface area contributed by atoms with E-state index in [2.05, 4.69) is 11.9 Å². The lowest BCUT2D eigenvalue weighted by molar-refractivity contribution is -0.114. The maximum Gasteiger partial charge on any atom is 0.222 e. The smallest absolute Gasteiger partial charge is 0.222 e. The number of aryl methyl sites for hydroxylation is 1. The maximum absolute atomic E-state index is 13.1. The van der Waals surface area contributed by atoms with Crippen molar-refractivity contribution in [3.05, 3.63) is 53.7 Å². The molecule has 6 heteroatoms. The van der Waals surface area contributed by atoms with E-state index in [0.29, 0.717) is 12.1 Å². The number of amides is 1. The first-order valence-electron chi connectivity index (χ1n) is 7.60. The Morgan fingerprint density at radius 3 is 2.29 bits per heavy atom. The lowest BCUT2D eigenvalue weighted by Crippen LogP contribution is -2.15. The second-order valence-electron chi connectivity index (χ2n) is 5.79. The summed E-state index contributed by atoms with van der Waals surface area (Å²) in [6.45, 7) is 11.0. The van der Waals surface area contributed by atoms with Crippen molar-refractivity contribution in [1.29, 1.82) is 0 Å². The second kappa shape index (κ2) is 6.65. The lowest BCUT2D eigenvalue weighted by Gasteiger charge is -2.12. The Balaban J connectivity index is 2.76. The number of aromatic nitrogens is 1. The fourth-order valence-corrected chi connectivity index (χ4v) is 4.34. The fourth-order valence-electron chi connectivity index (χ4n) is 2.65. The average Bonchev–Trinajstić information content (AvgIpc) is 2.72. The number of nitrogens with zero attached hydrogens (tertiary/aromatic N) is 1. The van der Waals surface area contributed by atoms with Crippen LogP contribution < -0.4 is 5.32 Å². The van der Waals surface area contributed by atoms with E-state index < -0.39 is 9.84 Å². The minimum absolute atomic E-state index is 0.140.